The molecule has 114 valence electrons. The Hall–Kier alpha value is -1.07. The molecule has 0 bridgehead atoms. The molecule has 0 saturated carbocycles. The Balaban J connectivity index is 2.29. The molecule has 0 aromatic heterocycles. The fraction of sp³-hybridized carbons (Fsp3) is 0.429. The highest BCUT2D eigenvalue weighted by atomic mass is 32.2. The molecule has 1 N–H and O–H groups in total. The molecule has 1 aromatic carbocycles. The van der Waals surface area contributed by atoms with Gasteiger partial charge in [-0.05, 0) is 30.4 Å². The zero-order chi connectivity index (χ0) is 15.3. The van der Waals surface area contributed by atoms with Crippen molar-refractivity contribution in [2.24, 2.45) is 0 Å². The van der Waals surface area contributed by atoms with Gasteiger partial charge in [0.15, 0.2) is 0 Å². The standard InChI is InChI=1S/C14H16FNO3S2/c15-14-11-13(5-4-12(14)3-1-8-17)21(18,19)16-6-2-9-20-10-7-16/h4-5,11,17H,2,6-10H2. The molecule has 0 atom stereocenters. The van der Waals surface area contributed by atoms with Crippen LogP contribution >= 0.6 is 11.8 Å². The first-order valence-corrected chi connectivity index (χ1v) is 9.12. The number of sulfonamides is 1. The molecule has 1 aliphatic heterocycles. The largest absolute Gasteiger partial charge is 0.384 e. The third-order valence-electron chi connectivity index (χ3n) is 3.06. The van der Waals surface area contributed by atoms with Crippen LogP contribution in [0.2, 0.25) is 0 Å². The van der Waals surface area contributed by atoms with E-state index in [0.29, 0.717) is 13.1 Å². The summed E-state index contributed by atoms with van der Waals surface area (Å²) in [5.41, 5.74) is 0.0782. The number of aliphatic hydroxyl groups excluding tert-OH is 1. The molecule has 1 saturated heterocycles. The molecular weight excluding hydrogens is 313 g/mol. The summed E-state index contributed by atoms with van der Waals surface area (Å²) in [5.74, 6) is 5.78. The van der Waals surface area contributed by atoms with Crippen molar-refractivity contribution in [3.8, 4) is 11.8 Å². The minimum absolute atomic E-state index is 0.0542. The van der Waals surface area contributed by atoms with Gasteiger partial charge >= 0.3 is 0 Å². The SMILES string of the molecule is O=S(=O)(c1ccc(C#CCO)c(F)c1)N1CCCSCC1. The summed E-state index contributed by atoms with van der Waals surface area (Å²) < 4.78 is 40.3. The summed E-state index contributed by atoms with van der Waals surface area (Å²) in [4.78, 5) is -0.0542. The van der Waals surface area contributed by atoms with Crippen LogP contribution in [0.4, 0.5) is 4.39 Å². The van der Waals surface area contributed by atoms with Gasteiger partial charge in [0.1, 0.15) is 12.4 Å². The van der Waals surface area contributed by atoms with Crippen LogP contribution in [0, 0.1) is 17.7 Å². The molecule has 1 heterocycles. The third-order valence-corrected chi connectivity index (χ3v) is 6.00. The maximum absolute atomic E-state index is 13.9. The van der Waals surface area contributed by atoms with Crippen molar-refractivity contribution in [2.75, 3.05) is 31.2 Å². The molecule has 2 rings (SSSR count). The van der Waals surface area contributed by atoms with Crippen molar-refractivity contribution in [3.05, 3.63) is 29.6 Å². The molecule has 7 heteroatoms. The zero-order valence-electron chi connectivity index (χ0n) is 11.4. The maximum Gasteiger partial charge on any atom is 0.243 e. The molecule has 0 radical (unpaired) electrons. The lowest BCUT2D eigenvalue weighted by atomic mass is 10.2. The highest BCUT2D eigenvalue weighted by molar-refractivity contribution is 7.99. The van der Waals surface area contributed by atoms with Crippen molar-refractivity contribution < 1.29 is 17.9 Å². The summed E-state index contributed by atoms with van der Waals surface area (Å²) in [6, 6.07) is 3.68. The van der Waals surface area contributed by atoms with E-state index in [-0.39, 0.29) is 17.1 Å². The van der Waals surface area contributed by atoms with Crippen LogP contribution in [0.5, 0.6) is 0 Å². The molecule has 0 amide bonds. The van der Waals surface area contributed by atoms with E-state index in [0.717, 1.165) is 24.0 Å². The smallest absolute Gasteiger partial charge is 0.243 e. The molecule has 21 heavy (non-hydrogen) atoms. The maximum atomic E-state index is 13.9. The Morgan fingerprint density at radius 1 is 1.33 bits per heavy atom. The minimum Gasteiger partial charge on any atom is -0.384 e. The van der Waals surface area contributed by atoms with Crippen molar-refractivity contribution >= 4 is 21.8 Å². The number of thioether (sulfide) groups is 1. The highest BCUT2D eigenvalue weighted by Crippen LogP contribution is 2.21. The lowest BCUT2D eigenvalue weighted by Crippen LogP contribution is -2.33. The summed E-state index contributed by atoms with van der Waals surface area (Å²) >= 11 is 1.72. The molecule has 1 aromatic rings. The van der Waals surface area contributed by atoms with Gasteiger partial charge in [0.25, 0.3) is 0 Å². The Morgan fingerprint density at radius 2 is 2.14 bits per heavy atom. The Morgan fingerprint density at radius 3 is 2.86 bits per heavy atom. The summed E-state index contributed by atoms with van der Waals surface area (Å²) in [5, 5.41) is 8.60. The first-order valence-electron chi connectivity index (χ1n) is 6.53. The van der Waals surface area contributed by atoms with E-state index in [9.17, 15) is 12.8 Å². The van der Waals surface area contributed by atoms with Crippen LogP contribution in [0.25, 0.3) is 0 Å². The number of nitrogens with zero attached hydrogens (tertiary/aromatic N) is 1. The monoisotopic (exact) mass is 329 g/mol. The predicted molar refractivity (Wildman–Crippen MR) is 81.1 cm³/mol. The molecule has 0 aliphatic carbocycles. The molecule has 0 unspecified atom stereocenters. The fourth-order valence-corrected chi connectivity index (χ4v) is 4.50. The van der Waals surface area contributed by atoms with Gasteiger partial charge in [-0.15, -0.1) is 0 Å². The van der Waals surface area contributed by atoms with E-state index in [1.54, 1.807) is 11.8 Å². The summed E-state index contributed by atoms with van der Waals surface area (Å²) in [6.45, 7) is 0.536. The van der Waals surface area contributed by atoms with Gasteiger partial charge in [0, 0.05) is 18.8 Å². The van der Waals surface area contributed by atoms with Gasteiger partial charge in [-0.3, -0.25) is 0 Å². The number of benzene rings is 1. The summed E-state index contributed by atoms with van der Waals surface area (Å²) in [6.07, 6.45) is 0.798. The van der Waals surface area contributed by atoms with E-state index in [2.05, 4.69) is 11.8 Å². The number of aliphatic hydroxyl groups is 1. The van der Waals surface area contributed by atoms with Crippen molar-refractivity contribution in [3.63, 3.8) is 0 Å². The highest BCUT2D eigenvalue weighted by Gasteiger charge is 2.25. The van der Waals surface area contributed by atoms with Crippen LogP contribution in [0.15, 0.2) is 23.1 Å². The minimum atomic E-state index is -3.66. The van der Waals surface area contributed by atoms with Gasteiger partial charge in [-0.1, -0.05) is 11.8 Å². The molecular formula is C14H16FNO3S2. The number of hydrogen-bond acceptors (Lipinski definition) is 4. The molecule has 0 spiro atoms. The lowest BCUT2D eigenvalue weighted by Gasteiger charge is -2.19. The average Bonchev–Trinajstić information content (AvgIpc) is 2.75. The quantitative estimate of drug-likeness (QED) is 0.831. The number of hydrogen-bond donors (Lipinski definition) is 1. The van der Waals surface area contributed by atoms with Gasteiger partial charge in [-0.25, -0.2) is 12.8 Å². The Kier molecular flexibility index (Phi) is 5.65. The molecule has 4 nitrogen and oxygen atoms in total. The van der Waals surface area contributed by atoms with Gasteiger partial charge in [-0.2, -0.15) is 16.1 Å². The Bertz CT molecular complexity index is 657. The lowest BCUT2D eigenvalue weighted by molar-refractivity contribution is 0.350. The zero-order valence-corrected chi connectivity index (χ0v) is 13.0. The molecule has 1 fully saturated rings. The van der Waals surface area contributed by atoms with E-state index < -0.39 is 15.8 Å². The average molecular weight is 329 g/mol. The fourth-order valence-electron chi connectivity index (χ4n) is 2.01. The van der Waals surface area contributed by atoms with Crippen LogP contribution in [0.3, 0.4) is 0 Å². The number of halogens is 1. The van der Waals surface area contributed by atoms with Crippen LogP contribution in [-0.4, -0.2) is 49.0 Å². The van der Waals surface area contributed by atoms with Crippen LogP contribution in [0.1, 0.15) is 12.0 Å². The normalized spacial score (nSPS) is 16.9. The van der Waals surface area contributed by atoms with Crippen LogP contribution in [-0.2, 0) is 10.0 Å². The van der Waals surface area contributed by atoms with Crippen LogP contribution < -0.4 is 0 Å². The summed E-state index contributed by atoms with van der Waals surface area (Å²) in [7, 11) is -3.66. The van der Waals surface area contributed by atoms with E-state index in [4.69, 9.17) is 5.11 Å². The third kappa shape index (κ3) is 3.98. The Labute approximate surface area is 128 Å². The van der Waals surface area contributed by atoms with Gasteiger partial charge in [0.2, 0.25) is 10.0 Å². The predicted octanol–water partition coefficient (Wildman–Crippen LogP) is 1.30. The van der Waals surface area contributed by atoms with E-state index in [1.165, 1.54) is 16.4 Å². The van der Waals surface area contributed by atoms with Crippen molar-refractivity contribution in [1.29, 1.82) is 0 Å². The first kappa shape index (κ1) is 16.3. The van der Waals surface area contributed by atoms with E-state index >= 15 is 0 Å². The van der Waals surface area contributed by atoms with E-state index in [1.807, 2.05) is 0 Å². The topological polar surface area (TPSA) is 57.6 Å². The first-order chi connectivity index (χ1) is 10.1. The van der Waals surface area contributed by atoms with Gasteiger partial charge < -0.3 is 5.11 Å². The second-order valence-electron chi connectivity index (χ2n) is 4.47. The van der Waals surface area contributed by atoms with Gasteiger partial charge in [0.05, 0.1) is 10.5 Å². The van der Waals surface area contributed by atoms with Crippen molar-refractivity contribution in [1.82, 2.24) is 4.31 Å². The van der Waals surface area contributed by atoms with Crippen molar-refractivity contribution in [2.45, 2.75) is 11.3 Å². The number of rotatable bonds is 2. The second kappa shape index (κ2) is 7.27. The second-order valence-corrected chi connectivity index (χ2v) is 7.63. The molecule has 1 aliphatic rings.